The topological polar surface area (TPSA) is 85.8 Å². The van der Waals surface area contributed by atoms with Gasteiger partial charge in [-0.05, 0) is 38.3 Å². The van der Waals surface area contributed by atoms with Crippen LogP contribution >= 0.6 is 11.8 Å². The minimum Gasteiger partial charge on any atom is -0.336 e. The molecule has 0 aliphatic heterocycles. The van der Waals surface area contributed by atoms with Crippen LogP contribution in [0.2, 0.25) is 0 Å². The molecule has 1 atom stereocenters. The molecule has 2 aromatic rings. The molecule has 0 spiro atoms. The second-order valence-electron chi connectivity index (χ2n) is 5.11. The van der Waals surface area contributed by atoms with Crippen molar-refractivity contribution in [1.29, 1.82) is 0 Å². The lowest BCUT2D eigenvalue weighted by molar-refractivity contribution is -0.115. The quantitative estimate of drug-likeness (QED) is 0.652. The number of amides is 1. The third-order valence-corrected chi connectivity index (χ3v) is 4.53. The minimum atomic E-state index is -0.324. The zero-order chi connectivity index (χ0) is 16.3. The molecular formula is C15H21N5OS. The molecule has 1 aromatic heterocycles. The summed E-state index contributed by atoms with van der Waals surface area (Å²) in [6, 6.07) is 6.02. The molecule has 0 aliphatic carbocycles. The van der Waals surface area contributed by atoms with Crippen molar-refractivity contribution in [1.82, 2.24) is 14.9 Å². The summed E-state index contributed by atoms with van der Waals surface area (Å²) >= 11 is 1.29. The third kappa shape index (κ3) is 3.41. The number of carbonyl (C=O) groups is 1. The number of benzene rings is 1. The predicted octanol–water partition coefficient (Wildman–Crippen LogP) is 2.29. The minimum absolute atomic E-state index is 0.0744. The molecule has 2 rings (SSSR count). The second kappa shape index (κ2) is 6.83. The number of aromatic nitrogens is 3. The van der Waals surface area contributed by atoms with E-state index in [1.54, 1.807) is 6.92 Å². The number of para-hydroxylation sites is 1. The highest BCUT2D eigenvalue weighted by Crippen LogP contribution is 2.25. The van der Waals surface area contributed by atoms with Gasteiger partial charge in [-0.15, -0.1) is 10.2 Å². The van der Waals surface area contributed by atoms with Crippen molar-refractivity contribution in [3.63, 3.8) is 0 Å². The number of nitrogen functional groups attached to an aromatic ring is 1. The Morgan fingerprint density at radius 3 is 2.73 bits per heavy atom. The smallest absolute Gasteiger partial charge is 0.237 e. The standard InChI is InChI=1S/C15H21N5OS/c1-5-12-8-6-7-9(2)13(12)17-14(21)10(3)22-15-19-18-11(4)20(15)16/h6-8,10H,5,16H2,1-4H3,(H,17,21)/t10-/m0/s1. The van der Waals surface area contributed by atoms with E-state index in [9.17, 15) is 4.79 Å². The first kappa shape index (κ1) is 16.4. The Hall–Kier alpha value is -2.02. The van der Waals surface area contributed by atoms with Gasteiger partial charge in [-0.25, -0.2) is 4.68 Å². The molecule has 118 valence electrons. The number of thioether (sulfide) groups is 1. The van der Waals surface area contributed by atoms with E-state index < -0.39 is 0 Å². The molecule has 0 saturated carbocycles. The van der Waals surface area contributed by atoms with Gasteiger partial charge in [0.1, 0.15) is 5.82 Å². The summed E-state index contributed by atoms with van der Waals surface area (Å²) in [6.07, 6.45) is 0.870. The second-order valence-corrected chi connectivity index (χ2v) is 6.42. The van der Waals surface area contributed by atoms with E-state index >= 15 is 0 Å². The number of anilines is 1. The molecule has 0 saturated heterocycles. The van der Waals surface area contributed by atoms with Crippen LogP contribution in [0.3, 0.4) is 0 Å². The summed E-state index contributed by atoms with van der Waals surface area (Å²) in [5.74, 6) is 6.35. The number of hydrogen-bond donors (Lipinski definition) is 2. The number of rotatable bonds is 5. The molecule has 0 aliphatic rings. The van der Waals surface area contributed by atoms with Crippen LogP contribution in [-0.4, -0.2) is 26.0 Å². The van der Waals surface area contributed by atoms with Crippen LogP contribution in [0, 0.1) is 13.8 Å². The van der Waals surface area contributed by atoms with Crippen LogP contribution in [0.15, 0.2) is 23.4 Å². The van der Waals surface area contributed by atoms with Gasteiger partial charge in [0.25, 0.3) is 0 Å². The fourth-order valence-electron chi connectivity index (χ4n) is 2.07. The van der Waals surface area contributed by atoms with E-state index in [0.717, 1.165) is 23.2 Å². The molecule has 3 N–H and O–H groups in total. The lowest BCUT2D eigenvalue weighted by atomic mass is 10.1. The van der Waals surface area contributed by atoms with Crippen LogP contribution in [0.4, 0.5) is 5.69 Å². The lowest BCUT2D eigenvalue weighted by Crippen LogP contribution is -2.24. The maximum absolute atomic E-state index is 12.4. The Morgan fingerprint density at radius 1 is 1.41 bits per heavy atom. The van der Waals surface area contributed by atoms with Gasteiger partial charge in [-0.2, -0.15) is 0 Å². The monoisotopic (exact) mass is 319 g/mol. The van der Waals surface area contributed by atoms with Gasteiger partial charge in [0.15, 0.2) is 0 Å². The molecular weight excluding hydrogens is 298 g/mol. The van der Waals surface area contributed by atoms with E-state index in [1.165, 1.54) is 16.4 Å². The molecule has 1 heterocycles. The highest BCUT2D eigenvalue weighted by molar-refractivity contribution is 8.00. The molecule has 0 radical (unpaired) electrons. The van der Waals surface area contributed by atoms with Crippen molar-refractivity contribution >= 4 is 23.4 Å². The number of hydrogen-bond acceptors (Lipinski definition) is 5. The van der Waals surface area contributed by atoms with E-state index in [1.807, 2.05) is 32.0 Å². The first-order valence-corrected chi connectivity index (χ1v) is 8.05. The first-order valence-electron chi connectivity index (χ1n) is 7.17. The van der Waals surface area contributed by atoms with E-state index in [4.69, 9.17) is 5.84 Å². The summed E-state index contributed by atoms with van der Waals surface area (Å²) in [5.41, 5.74) is 3.08. The summed E-state index contributed by atoms with van der Waals surface area (Å²) in [5, 5.41) is 11.1. The number of aryl methyl sites for hydroxylation is 3. The van der Waals surface area contributed by atoms with Crippen LogP contribution in [0.1, 0.15) is 30.8 Å². The Morgan fingerprint density at radius 2 is 2.14 bits per heavy atom. The van der Waals surface area contributed by atoms with E-state index in [0.29, 0.717) is 11.0 Å². The number of nitrogens with two attached hydrogens (primary N) is 1. The zero-order valence-corrected chi connectivity index (χ0v) is 14.1. The average Bonchev–Trinajstić information content (AvgIpc) is 2.81. The normalized spacial score (nSPS) is 12.2. The first-order chi connectivity index (χ1) is 10.4. The van der Waals surface area contributed by atoms with Crippen molar-refractivity contribution in [2.75, 3.05) is 11.2 Å². The largest absolute Gasteiger partial charge is 0.336 e. The number of nitrogens with one attached hydrogen (secondary N) is 1. The van der Waals surface area contributed by atoms with E-state index in [-0.39, 0.29) is 11.2 Å². The van der Waals surface area contributed by atoms with Gasteiger partial charge in [0.2, 0.25) is 11.1 Å². The predicted molar refractivity (Wildman–Crippen MR) is 89.4 cm³/mol. The van der Waals surface area contributed by atoms with Gasteiger partial charge in [-0.3, -0.25) is 4.79 Å². The summed E-state index contributed by atoms with van der Waals surface area (Å²) in [7, 11) is 0. The van der Waals surface area contributed by atoms with Crippen LogP contribution in [0.5, 0.6) is 0 Å². The Balaban J connectivity index is 2.11. The fraction of sp³-hybridized carbons (Fsp3) is 0.400. The fourth-order valence-corrected chi connectivity index (χ4v) is 2.88. The molecule has 6 nitrogen and oxygen atoms in total. The van der Waals surface area contributed by atoms with Crippen LogP contribution in [-0.2, 0) is 11.2 Å². The lowest BCUT2D eigenvalue weighted by Gasteiger charge is -2.16. The SMILES string of the molecule is CCc1cccc(C)c1NC(=O)[C@H](C)Sc1nnc(C)n1N. The highest BCUT2D eigenvalue weighted by atomic mass is 32.2. The van der Waals surface area contributed by atoms with Crippen LogP contribution in [0.25, 0.3) is 0 Å². The summed E-state index contributed by atoms with van der Waals surface area (Å²) in [4.78, 5) is 12.4. The molecule has 0 bridgehead atoms. The summed E-state index contributed by atoms with van der Waals surface area (Å²) < 4.78 is 1.39. The molecule has 7 heteroatoms. The van der Waals surface area contributed by atoms with Gasteiger partial charge < -0.3 is 11.2 Å². The van der Waals surface area contributed by atoms with Gasteiger partial charge in [-0.1, -0.05) is 36.9 Å². The van der Waals surface area contributed by atoms with Crippen molar-refractivity contribution in [3.05, 3.63) is 35.2 Å². The zero-order valence-electron chi connectivity index (χ0n) is 13.3. The van der Waals surface area contributed by atoms with E-state index in [2.05, 4.69) is 22.4 Å². The Bertz CT molecular complexity index is 683. The Labute approximate surface area is 134 Å². The molecule has 1 amide bonds. The number of carbonyl (C=O) groups excluding carboxylic acids is 1. The van der Waals surface area contributed by atoms with Gasteiger partial charge >= 0.3 is 0 Å². The maximum Gasteiger partial charge on any atom is 0.237 e. The van der Waals surface area contributed by atoms with Gasteiger partial charge in [0.05, 0.1) is 5.25 Å². The summed E-state index contributed by atoms with van der Waals surface area (Å²) in [6.45, 7) is 7.66. The molecule has 0 unspecified atom stereocenters. The average molecular weight is 319 g/mol. The molecule has 1 aromatic carbocycles. The molecule has 22 heavy (non-hydrogen) atoms. The van der Waals surface area contributed by atoms with Gasteiger partial charge in [0, 0.05) is 5.69 Å². The third-order valence-electron chi connectivity index (χ3n) is 3.47. The van der Waals surface area contributed by atoms with Crippen molar-refractivity contribution < 1.29 is 4.79 Å². The van der Waals surface area contributed by atoms with Crippen LogP contribution < -0.4 is 11.2 Å². The molecule has 0 fully saturated rings. The van der Waals surface area contributed by atoms with Crippen molar-refractivity contribution in [3.8, 4) is 0 Å². The van der Waals surface area contributed by atoms with Crippen molar-refractivity contribution in [2.45, 2.75) is 44.5 Å². The van der Waals surface area contributed by atoms with Crippen molar-refractivity contribution in [2.24, 2.45) is 0 Å². The number of nitrogens with zero attached hydrogens (tertiary/aromatic N) is 3. The Kier molecular flexibility index (Phi) is 5.07. The maximum atomic E-state index is 12.4. The highest BCUT2D eigenvalue weighted by Gasteiger charge is 2.19.